The molecule has 5 heteroatoms. The Bertz CT molecular complexity index is 529. The van der Waals surface area contributed by atoms with E-state index in [0.29, 0.717) is 12.3 Å². The van der Waals surface area contributed by atoms with Gasteiger partial charge in [-0.15, -0.1) is 0 Å². The van der Waals surface area contributed by atoms with Crippen molar-refractivity contribution in [1.29, 1.82) is 0 Å². The van der Waals surface area contributed by atoms with Crippen molar-refractivity contribution in [3.05, 3.63) is 11.6 Å². The highest BCUT2D eigenvalue weighted by Crippen LogP contribution is 2.41. The fraction of sp³-hybridized carbons (Fsp3) is 0.864. The lowest BCUT2D eigenvalue weighted by Gasteiger charge is -2.42. The van der Waals surface area contributed by atoms with Gasteiger partial charge in [-0.2, -0.15) is 0 Å². The van der Waals surface area contributed by atoms with Gasteiger partial charge in [-0.05, 0) is 56.2 Å². The number of carboxylic acid groups (broad SMARTS) is 1. The second-order valence-electron chi connectivity index (χ2n) is 10.1. The van der Waals surface area contributed by atoms with E-state index in [4.69, 9.17) is 4.43 Å². The molecule has 0 spiro atoms. The maximum absolute atomic E-state index is 11.2. The molecule has 0 aromatic heterocycles. The molecule has 1 fully saturated rings. The molecule has 2 rings (SSSR count). The number of carbonyl (C=O) groups is 1. The standard InChI is InChI=1S/C22H40O4Si/c1-22(2,3)27(4,5)26-20(17-9-7-6-8-10-17)14-12-16-11-13-19(23)18(16)15-21(24)25/h11,17-20,23H,6-10,12-15H2,1-5H3,(H,24,25)/t18-,19+,20-/m1/s1. The maximum atomic E-state index is 11.2. The van der Waals surface area contributed by atoms with E-state index < -0.39 is 20.4 Å². The Balaban J connectivity index is 2.06. The Kier molecular flexibility index (Phi) is 7.74. The Morgan fingerprint density at radius 3 is 2.44 bits per heavy atom. The minimum absolute atomic E-state index is 0.0319. The van der Waals surface area contributed by atoms with E-state index in [9.17, 15) is 15.0 Å². The minimum atomic E-state index is -1.85. The first-order chi connectivity index (χ1) is 12.5. The third-order valence-electron chi connectivity index (χ3n) is 7.10. The molecule has 156 valence electrons. The van der Waals surface area contributed by atoms with Gasteiger partial charge < -0.3 is 14.6 Å². The summed E-state index contributed by atoms with van der Waals surface area (Å²) < 4.78 is 6.88. The van der Waals surface area contributed by atoms with E-state index in [1.807, 2.05) is 0 Å². The first-order valence-corrected chi connectivity index (χ1v) is 13.7. The molecule has 0 bridgehead atoms. The van der Waals surface area contributed by atoms with E-state index in [1.165, 1.54) is 32.1 Å². The van der Waals surface area contributed by atoms with Crippen LogP contribution >= 0.6 is 0 Å². The molecule has 0 aromatic rings. The number of aliphatic carboxylic acids is 1. The summed E-state index contributed by atoms with van der Waals surface area (Å²) in [5.41, 5.74) is 1.13. The summed E-state index contributed by atoms with van der Waals surface area (Å²) in [4.78, 5) is 11.2. The summed E-state index contributed by atoms with van der Waals surface area (Å²) in [5, 5.41) is 19.5. The molecule has 0 aromatic carbocycles. The number of aliphatic hydroxyl groups excluding tert-OH is 1. The second kappa shape index (κ2) is 9.23. The Morgan fingerprint density at radius 1 is 1.26 bits per heavy atom. The van der Waals surface area contributed by atoms with Gasteiger partial charge in [0.15, 0.2) is 8.32 Å². The molecule has 0 radical (unpaired) electrons. The van der Waals surface area contributed by atoms with Gasteiger partial charge in [0, 0.05) is 12.0 Å². The maximum Gasteiger partial charge on any atom is 0.304 e. The zero-order valence-corrected chi connectivity index (χ0v) is 19.0. The summed E-state index contributed by atoms with van der Waals surface area (Å²) in [7, 11) is -1.85. The summed E-state index contributed by atoms with van der Waals surface area (Å²) in [6.07, 6.45) is 10.6. The average molecular weight is 397 g/mol. The number of rotatable bonds is 8. The third kappa shape index (κ3) is 6.16. The van der Waals surface area contributed by atoms with Crippen LogP contribution in [0.2, 0.25) is 18.1 Å². The van der Waals surface area contributed by atoms with Crippen LogP contribution in [0.5, 0.6) is 0 Å². The quantitative estimate of drug-likeness (QED) is 0.419. The van der Waals surface area contributed by atoms with Crippen LogP contribution in [0.25, 0.3) is 0 Å². The van der Waals surface area contributed by atoms with Crippen molar-refractivity contribution in [2.75, 3.05) is 0 Å². The highest BCUT2D eigenvalue weighted by atomic mass is 28.4. The topological polar surface area (TPSA) is 66.8 Å². The number of hydrogen-bond donors (Lipinski definition) is 2. The molecule has 0 aliphatic heterocycles. The third-order valence-corrected chi connectivity index (χ3v) is 11.6. The van der Waals surface area contributed by atoms with E-state index in [-0.39, 0.29) is 23.5 Å². The Morgan fingerprint density at radius 2 is 1.89 bits per heavy atom. The highest BCUT2D eigenvalue weighted by molar-refractivity contribution is 6.74. The van der Waals surface area contributed by atoms with Crippen molar-refractivity contribution in [3.8, 4) is 0 Å². The summed E-state index contributed by atoms with van der Waals surface area (Å²) >= 11 is 0. The van der Waals surface area contributed by atoms with Crippen LogP contribution in [0, 0.1) is 11.8 Å². The molecule has 2 aliphatic rings. The van der Waals surface area contributed by atoms with Crippen LogP contribution in [0.15, 0.2) is 11.6 Å². The van der Waals surface area contributed by atoms with Crippen LogP contribution in [-0.4, -0.2) is 36.7 Å². The van der Waals surface area contributed by atoms with E-state index in [0.717, 1.165) is 18.4 Å². The van der Waals surface area contributed by atoms with Gasteiger partial charge in [-0.3, -0.25) is 4.79 Å². The number of hydrogen-bond acceptors (Lipinski definition) is 3. The van der Waals surface area contributed by atoms with Gasteiger partial charge in [0.05, 0.1) is 12.5 Å². The molecule has 1 saturated carbocycles. The summed E-state index contributed by atoms with van der Waals surface area (Å²) in [6.45, 7) is 11.5. The zero-order chi connectivity index (χ0) is 20.2. The first-order valence-electron chi connectivity index (χ1n) is 10.8. The first kappa shape index (κ1) is 22.6. The molecule has 0 amide bonds. The molecule has 0 unspecified atom stereocenters. The van der Waals surface area contributed by atoms with Crippen molar-refractivity contribution in [2.24, 2.45) is 11.8 Å². The second-order valence-corrected chi connectivity index (χ2v) is 14.9. The molecule has 4 nitrogen and oxygen atoms in total. The molecule has 2 aliphatic carbocycles. The molecule has 3 atom stereocenters. The van der Waals surface area contributed by atoms with Gasteiger partial charge in [0.25, 0.3) is 0 Å². The fourth-order valence-electron chi connectivity index (χ4n) is 4.34. The zero-order valence-electron chi connectivity index (χ0n) is 18.0. The van der Waals surface area contributed by atoms with Crippen LogP contribution in [-0.2, 0) is 9.22 Å². The highest BCUT2D eigenvalue weighted by Gasteiger charge is 2.41. The van der Waals surface area contributed by atoms with Crippen LogP contribution in [0.4, 0.5) is 0 Å². The molecule has 0 saturated heterocycles. The van der Waals surface area contributed by atoms with E-state index >= 15 is 0 Å². The SMILES string of the molecule is CC(C)(C)[Si](C)(C)O[C@H](CCC1=CC[C@H](O)[C@@H]1CC(=O)O)C1CCCCC1. The Hall–Kier alpha value is -0.653. The lowest BCUT2D eigenvalue weighted by Crippen LogP contribution is -2.46. The van der Waals surface area contributed by atoms with Crippen LogP contribution in [0.3, 0.4) is 0 Å². The van der Waals surface area contributed by atoms with Gasteiger partial charge in [0.2, 0.25) is 0 Å². The van der Waals surface area contributed by atoms with Crippen molar-refractivity contribution in [1.82, 2.24) is 0 Å². The van der Waals surface area contributed by atoms with E-state index in [1.54, 1.807) is 0 Å². The van der Waals surface area contributed by atoms with Gasteiger partial charge in [-0.25, -0.2) is 0 Å². The van der Waals surface area contributed by atoms with Gasteiger partial charge >= 0.3 is 5.97 Å². The van der Waals surface area contributed by atoms with Crippen LogP contribution < -0.4 is 0 Å². The molecular weight excluding hydrogens is 356 g/mol. The minimum Gasteiger partial charge on any atom is -0.481 e. The smallest absolute Gasteiger partial charge is 0.304 e. The predicted octanol–water partition coefficient (Wildman–Crippen LogP) is 5.52. The molecular formula is C22H40O4Si. The predicted molar refractivity (Wildman–Crippen MR) is 112 cm³/mol. The largest absolute Gasteiger partial charge is 0.481 e. The summed E-state index contributed by atoms with van der Waals surface area (Å²) in [6, 6.07) is 0. The van der Waals surface area contributed by atoms with Gasteiger partial charge in [0.1, 0.15) is 0 Å². The average Bonchev–Trinajstić information content (AvgIpc) is 2.91. The monoisotopic (exact) mass is 396 g/mol. The number of carboxylic acids is 1. The van der Waals surface area contributed by atoms with Crippen molar-refractivity contribution >= 4 is 14.3 Å². The van der Waals surface area contributed by atoms with Crippen molar-refractivity contribution < 1.29 is 19.4 Å². The lowest BCUT2D eigenvalue weighted by molar-refractivity contribution is -0.138. The number of aliphatic hydroxyl groups is 1. The van der Waals surface area contributed by atoms with Gasteiger partial charge in [-0.1, -0.05) is 51.7 Å². The normalized spacial score (nSPS) is 26.1. The van der Waals surface area contributed by atoms with Crippen molar-refractivity contribution in [3.63, 3.8) is 0 Å². The molecule has 0 heterocycles. The molecule has 2 N–H and O–H groups in total. The molecule has 27 heavy (non-hydrogen) atoms. The summed E-state index contributed by atoms with van der Waals surface area (Å²) in [5.74, 6) is -0.423. The fourth-order valence-corrected chi connectivity index (χ4v) is 5.76. The Labute approximate surface area is 166 Å². The van der Waals surface area contributed by atoms with E-state index in [2.05, 4.69) is 39.9 Å². The lowest BCUT2D eigenvalue weighted by atomic mass is 9.82. The van der Waals surface area contributed by atoms with Crippen molar-refractivity contribution in [2.45, 2.75) is 109 Å². The van der Waals surface area contributed by atoms with Crippen LogP contribution in [0.1, 0.15) is 78.6 Å².